The summed E-state index contributed by atoms with van der Waals surface area (Å²) in [6, 6.07) is 6.02. The summed E-state index contributed by atoms with van der Waals surface area (Å²) in [6.45, 7) is 5.43. The van der Waals surface area contributed by atoms with Gasteiger partial charge in [-0.15, -0.1) is 0 Å². The van der Waals surface area contributed by atoms with Crippen molar-refractivity contribution in [2.45, 2.75) is 38.5 Å². The number of ether oxygens (including phenoxy) is 1. The highest BCUT2D eigenvalue weighted by molar-refractivity contribution is 5.78. The number of carbonyl (C=O) groups excluding carboxylic acids is 2. The van der Waals surface area contributed by atoms with Gasteiger partial charge in [0.25, 0.3) is 0 Å². The first kappa shape index (κ1) is 21.6. The number of likely N-dealkylation sites (tertiary alicyclic amines) is 1. The molecule has 0 N–H and O–H groups in total. The molecule has 6 nitrogen and oxygen atoms in total. The number of halogens is 1. The minimum Gasteiger partial charge on any atom is -0.493 e. The first-order valence-corrected chi connectivity index (χ1v) is 10.8. The van der Waals surface area contributed by atoms with Crippen LogP contribution in [0.4, 0.5) is 4.39 Å². The Hall–Kier alpha value is -2.15. The lowest BCUT2D eigenvalue weighted by molar-refractivity contribution is -0.135. The lowest BCUT2D eigenvalue weighted by atomic mass is 10.2. The zero-order valence-electron chi connectivity index (χ0n) is 17.2. The molecule has 0 spiro atoms. The Morgan fingerprint density at radius 3 is 2.28 bits per heavy atom. The maximum atomic E-state index is 13.1. The molecule has 1 aromatic carbocycles. The first-order valence-electron chi connectivity index (χ1n) is 10.8. The van der Waals surface area contributed by atoms with E-state index in [0.717, 1.165) is 39.0 Å². The quantitative estimate of drug-likeness (QED) is 0.654. The number of hydrogen-bond acceptors (Lipinski definition) is 4. The molecule has 2 amide bonds. The maximum absolute atomic E-state index is 13.1. The van der Waals surface area contributed by atoms with Crippen LogP contribution in [0.5, 0.6) is 5.75 Å². The minimum atomic E-state index is -0.328. The third-order valence-corrected chi connectivity index (χ3v) is 5.64. The van der Waals surface area contributed by atoms with Crippen LogP contribution >= 0.6 is 0 Å². The molecule has 2 fully saturated rings. The fourth-order valence-electron chi connectivity index (χ4n) is 3.90. The Morgan fingerprint density at radius 1 is 0.897 bits per heavy atom. The summed E-state index contributed by atoms with van der Waals surface area (Å²) >= 11 is 0. The molecule has 0 saturated carbocycles. The summed E-state index contributed by atoms with van der Waals surface area (Å²) in [6.07, 6.45) is 5.68. The van der Waals surface area contributed by atoms with E-state index < -0.39 is 0 Å². The van der Waals surface area contributed by atoms with Crippen LogP contribution in [-0.4, -0.2) is 78.9 Å². The van der Waals surface area contributed by atoms with Crippen molar-refractivity contribution >= 4 is 11.8 Å². The second-order valence-corrected chi connectivity index (χ2v) is 7.86. The fraction of sp³-hybridized carbons (Fsp3) is 0.636. The van der Waals surface area contributed by atoms with Gasteiger partial charge in [0.2, 0.25) is 11.8 Å². The van der Waals surface area contributed by atoms with Gasteiger partial charge in [-0.2, -0.15) is 0 Å². The molecule has 0 unspecified atom stereocenters. The number of carbonyl (C=O) groups is 2. The predicted octanol–water partition coefficient (Wildman–Crippen LogP) is 2.53. The average Bonchev–Trinajstić information content (AvgIpc) is 3.01. The molecule has 0 aliphatic carbocycles. The van der Waals surface area contributed by atoms with Crippen molar-refractivity contribution in [3.63, 3.8) is 0 Å². The Balaban J connectivity index is 1.31. The lowest BCUT2D eigenvalue weighted by Gasteiger charge is -2.35. The average molecular weight is 406 g/mol. The van der Waals surface area contributed by atoms with Crippen LogP contribution < -0.4 is 4.74 Å². The zero-order chi connectivity index (χ0) is 20.5. The van der Waals surface area contributed by atoms with E-state index >= 15 is 0 Å². The molecule has 2 aliphatic heterocycles. The highest BCUT2D eigenvalue weighted by Crippen LogP contribution is 2.13. The summed E-state index contributed by atoms with van der Waals surface area (Å²) in [5.74, 6) is 0.499. The molecule has 3 rings (SSSR count). The van der Waals surface area contributed by atoms with Crippen LogP contribution in [0.2, 0.25) is 0 Å². The van der Waals surface area contributed by atoms with E-state index in [9.17, 15) is 14.0 Å². The van der Waals surface area contributed by atoms with Gasteiger partial charge in [-0.3, -0.25) is 14.5 Å². The van der Waals surface area contributed by atoms with Gasteiger partial charge < -0.3 is 14.5 Å². The molecular weight excluding hydrogens is 373 g/mol. The maximum Gasteiger partial charge on any atom is 0.236 e. The summed E-state index contributed by atoms with van der Waals surface area (Å²) < 4.78 is 18.6. The molecular formula is C22H32FN3O3. The Kier molecular flexibility index (Phi) is 8.28. The van der Waals surface area contributed by atoms with Gasteiger partial charge in [0.05, 0.1) is 13.2 Å². The topological polar surface area (TPSA) is 53.1 Å². The van der Waals surface area contributed by atoms with Gasteiger partial charge in [0.15, 0.2) is 0 Å². The molecule has 160 valence electrons. The van der Waals surface area contributed by atoms with E-state index in [0.29, 0.717) is 44.8 Å². The van der Waals surface area contributed by atoms with Crippen molar-refractivity contribution in [3.05, 3.63) is 30.1 Å². The van der Waals surface area contributed by atoms with Crippen LogP contribution in [0, 0.1) is 5.82 Å². The van der Waals surface area contributed by atoms with Gasteiger partial charge >= 0.3 is 0 Å². The van der Waals surface area contributed by atoms with Crippen molar-refractivity contribution in [3.8, 4) is 5.75 Å². The Labute approximate surface area is 172 Å². The molecule has 2 saturated heterocycles. The van der Waals surface area contributed by atoms with E-state index in [1.165, 1.54) is 25.0 Å². The van der Waals surface area contributed by atoms with Gasteiger partial charge in [0, 0.05) is 51.8 Å². The summed E-state index contributed by atoms with van der Waals surface area (Å²) in [5, 5.41) is 0. The highest BCUT2D eigenvalue weighted by atomic mass is 19.1. The second kappa shape index (κ2) is 11.1. The molecule has 0 radical (unpaired) electrons. The molecule has 0 atom stereocenters. The number of benzene rings is 1. The summed E-state index contributed by atoms with van der Waals surface area (Å²) in [5.41, 5.74) is 0. The van der Waals surface area contributed by atoms with Crippen molar-refractivity contribution in [2.24, 2.45) is 0 Å². The van der Waals surface area contributed by atoms with Gasteiger partial charge in [-0.05, 0) is 31.4 Å². The number of amides is 2. The molecule has 29 heavy (non-hydrogen) atoms. The molecule has 2 heterocycles. The van der Waals surface area contributed by atoms with Gasteiger partial charge in [0.1, 0.15) is 11.6 Å². The van der Waals surface area contributed by atoms with E-state index in [-0.39, 0.29) is 17.6 Å². The zero-order valence-corrected chi connectivity index (χ0v) is 17.2. The standard InChI is InChI=1S/C22H32FN3O3/c23-19-7-5-8-20(17-19)29-16-6-9-21(27)26-14-12-24(13-15-26)18-22(28)25-10-3-1-2-4-11-25/h5,7-8,17H,1-4,6,9-16,18H2. The third-order valence-electron chi connectivity index (χ3n) is 5.64. The number of nitrogens with zero attached hydrogens (tertiary/aromatic N) is 3. The number of rotatable bonds is 7. The number of piperazine rings is 1. The molecule has 0 aromatic heterocycles. The summed E-state index contributed by atoms with van der Waals surface area (Å²) in [4.78, 5) is 30.9. The summed E-state index contributed by atoms with van der Waals surface area (Å²) in [7, 11) is 0. The predicted molar refractivity (Wildman–Crippen MR) is 109 cm³/mol. The highest BCUT2D eigenvalue weighted by Gasteiger charge is 2.24. The largest absolute Gasteiger partial charge is 0.493 e. The van der Waals surface area contributed by atoms with E-state index in [1.807, 2.05) is 9.80 Å². The fourth-order valence-corrected chi connectivity index (χ4v) is 3.90. The van der Waals surface area contributed by atoms with Crippen molar-refractivity contribution in [1.82, 2.24) is 14.7 Å². The van der Waals surface area contributed by atoms with Crippen LogP contribution in [0.1, 0.15) is 38.5 Å². The van der Waals surface area contributed by atoms with Gasteiger partial charge in [-0.25, -0.2) is 4.39 Å². The van der Waals surface area contributed by atoms with Gasteiger partial charge in [-0.1, -0.05) is 18.9 Å². The van der Waals surface area contributed by atoms with E-state index in [4.69, 9.17) is 4.74 Å². The normalized spacial score (nSPS) is 18.4. The van der Waals surface area contributed by atoms with Crippen molar-refractivity contribution in [1.29, 1.82) is 0 Å². The van der Waals surface area contributed by atoms with E-state index in [2.05, 4.69) is 4.90 Å². The Morgan fingerprint density at radius 2 is 1.59 bits per heavy atom. The first-order chi connectivity index (χ1) is 14.1. The molecule has 7 heteroatoms. The Bertz CT molecular complexity index is 669. The number of hydrogen-bond donors (Lipinski definition) is 0. The van der Waals surface area contributed by atoms with Crippen LogP contribution in [0.3, 0.4) is 0 Å². The van der Waals surface area contributed by atoms with Crippen molar-refractivity contribution in [2.75, 3.05) is 52.4 Å². The lowest BCUT2D eigenvalue weighted by Crippen LogP contribution is -2.51. The minimum absolute atomic E-state index is 0.117. The molecule has 0 bridgehead atoms. The van der Waals surface area contributed by atoms with Crippen LogP contribution in [-0.2, 0) is 9.59 Å². The van der Waals surface area contributed by atoms with Crippen LogP contribution in [0.15, 0.2) is 24.3 Å². The molecule has 2 aliphatic rings. The van der Waals surface area contributed by atoms with Crippen LogP contribution in [0.25, 0.3) is 0 Å². The smallest absolute Gasteiger partial charge is 0.236 e. The second-order valence-electron chi connectivity index (χ2n) is 7.86. The molecule has 1 aromatic rings. The SMILES string of the molecule is O=C(CCCOc1cccc(F)c1)N1CCN(CC(=O)N2CCCCCC2)CC1. The third kappa shape index (κ3) is 6.99. The van der Waals surface area contributed by atoms with Crippen molar-refractivity contribution < 1.29 is 18.7 Å². The monoisotopic (exact) mass is 405 g/mol. The van der Waals surface area contributed by atoms with E-state index in [1.54, 1.807) is 12.1 Å².